The van der Waals surface area contributed by atoms with Crippen LogP contribution in [0.2, 0.25) is 5.02 Å². The van der Waals surface area contributed by atoms with E-state index in [1.165, 1.54) is 31.3 Å². The molecule has 21 heavy (non-hydrogen) atoms. The summed E-state index contributed by atoms with van der Waals surface area (Å²) < 4.78 is 23.6. The molecule has 0 unspecified atom stereocenters. The Balaban J connectivity index is 2.34. The number of amides is 1. The first kappa shape index (κ1) is 15.3. The van der Waals surface area contributed by atoms with Crippen LogP contribution in [0.15, 0.2) is 29.3 Å². The van der Waals surface area contributed by atoms with Crippen molar-refractivity contribution in [1.29, 1.82) is 0 Å². The maximum absolute atomic E-state index is 12.0. The minimum Gasteiger partial charge on any atom is -0.506 e. The lowest BCUT2D eigenvalue weighted by molar-refractivity contribution is 0.102. The summed E-state index contributed by atoms with van der Waals surface area (Å²) >= 11 is 5.75. The summed E-state index contributed by atoms with van der Waals surface area (Å²) in [5.41, 5.74) is -0.0139. The lowest BCUT2D eigenvalue weighted by Gasteiger charge is -2.09. The number of aromatic nitrogens is 2. The van der Waals surface area contributed by atoms with Gasteiger partial charge in [0.15, 0.2) is 9.84 Å². The van der Waals surface area contributed by atoms with Gasteiger partial charge in [-0.15, -0.1) is 0 Å². The van der Waals surface area contributed by atoms with E-state index in [1.54, 1.807) is 0 Å². The number of H-pyrrole nitrogens is 1. The number of aromatic amines is 1. The first-order valence-corrected chi connectivity index (χ1v) is 7.94. The van der Waals surface area contributed by atoms with Gasteiger partial charge in [-0.2, -0.15) is 5.10 Å². The van der Waals surface area contributed by atoms with Crippen LogP contribution >= 0.6 is 11.6 Å². The van der Waals surface area contributed by atoms with Crippen LogP contribution in [0.3, 0.4) is 0 Å². The van der Waals surface area contributed by atoms with Crippen molar-refractivity contribution in [3.63, 3.8) is 0 Å². The summed E-state index contributed by atoms with van der Waals surface area (Å²) in [6, 6.07) is 3.66. The van der Waals surface area contributed by atoms with Crippen LogP contribution < -0.4 is 5.32 Å². The molecule has 0 aliphatic heterocycles. The highest BCUT2D eigenvalue weighted by Gasteiger charge is 2.17. The number of carbonyl (C=O) groups is 1. The number of rotatable bonds is 4. The Morgan fingerprint density at radius 1 is 1.48 bits per heavy atom. The van der Waals surface area contributed by atoms with Crippen molar-refractivity contribution in [2.45, 2.75) is 11.8 Å². The molecule has 0 fully saturated rings. The predicted molar refractivity (Wildman–Crippen MR) is 77.4 cm³/mol. The molecule has 0 aliphatic carbocycles. The summed E-state index contributed by atoms with van der Waals surface area (Å²) in [6.07, 6.45) is 1.26. The molecule has 9 heteroatoms. The van der Waals surface area contributed by atoms with E-state index in [2.05, 4.69) is 15.5 Å². The number of benzene rings is 1. The molecule has 0 aliphatic rings. The van der Waals surface area contributed by atoms with E-state index in [4.69, 9.17) is 11.6 Å². The molecule has 112 valence electrons. The van der Waals surface area contributed by atoms with E-state index < -0.39 is 15.7 Å². The molecule has 3 N–H and O–H groups in total. The number of carbonyl (C=O) groups excluding carboxylic acids is 1. The van der Waals surface area contributed by atoms with Crippen LogP contribution in [-0.4, -0.2) is 35.4 Å². The molecule has 0 bridgehead atoms. The fourth-order valence-electron chi connectivity index (χ4n) is 1.59. The Morgan fingerprint density at radius 2 is 2.19 bits per heavy atom. The molecular formula is C12H12ClN3O4S. The summed E-state index contributed by atoms with van der Waals surface area (Å²) in [6.45, 7) is 1.50. The fourth-order valence-corrected chi connectivity index (χ4v) is 2.67. The largest absolute Gasteiger partial charge is 0.506 e. The standard InChI is InChI=1S/C12H12ClN3O4S/c1-2-21(19,20)7-3-4-10(17)9(5-7)15-12(18)11-8(13)6-14-16-11/h3-6,17H,2H2,1H3,(H,14,16)(H,15,18). The summed E-state index contributed by atoms with van der Waals surface area (Å²) in [5, 5.41) is 18.2. The van der Waals surface area contributed by atoms with Gasteiger partial charge in [-0.3, -0.25) is 9.89 Å². The Hall–Kier alpha value is -2.06. The molecule has 0 radical (unpaired) electrons. The molecule has 7 nitrogen and oxygen atoms in total. The van der Waals surface area contributed by atoms with Crippen LogP contribution in [0.4, 0.5) is 5.69 Å². The predicted octanol–water partition coefficient (Wildman–Crippen LogP) is 1.81. The normalized spacial score (nSPS) is 11.3. The minimum atomic E-state index is -3.44. The average molecular weight is 330 g/mol. The second-order valence-electron chi connectivity index (χ2n) is 4.13. The SMILES string of the molecule is CCS(=O)(=O)c1ccc(O)c(NC(=O)c2[nH]ncc2Cl)c1. The number of nitrogens with zero attached hydrogens (tertiary/aromatic N) is 1. The number of sulfone groups is 1. The number of phenolic OH excluding ortho intramolecular Hbond substituents is 1. The zero-order valence-electron chi connectivity index (χ0n) is 10.9. The highest BCUT2D eigenvalue weighted by molar-refractivity contribution is 7.91. The fraction of sp³-hybridized carbons (Fsp3) is 0.167. The highest BCUT2D eigenvalue weighted by Crippen LogP contribution is 2.27. The van der Waals surface area contributed by atoms with Crippen LogP contribution in [0.1, 0.15) is 17.4 Å². The van der Waals surface area contributed by atoms with Gasteiger partial charge < -0.3 is 10.4 Å². The van der Waals surface area contributed by atoms with Gasteiger partial charge in [-0.05, 0) is 18.2 Å². The molecule has 0 saturated heterocycles. The van der Waals surface area contributed by atoms with Crippen molar-refractivity contribution >= 4 is 33.0 Å². The number of nitrogens with one attached hydrogen (secondary N) is 2. The van der Waals surface area contributed by atoms with E-state index in [0.29, 0.717) is 0 Å². The maximum Gasteiger partial charge on any atom is 0.275 e. The number of phenols is 1. The van der Waals surface area contributed by atoms with Gasteiger partial charge in [-0.25, -0.2) is 8.42 Å². The quantitative estimate of drug-likeness (QED) is 0.741. The topological polar surface area (TPSA) is 112 Å². The van der Waals surface area contributed by atoms with Crippen LogP contribution in [0, 0.1) is 0 Å². The number of halogens is 1. The molecular weight excluding hydrogens is 318 g/mol. The summed E-state index contributed by atoms with van der Waals surface area (Å²) in [5.74, 6) is -0.981. The molecule has 1 heterocycles. The monoisotopic (exact) mass is 329 g/mol. The smallest absolute Gasteiger partial charge is 0.275 e. The Kier molecular flexibility index (Phi) is 4.19. The van der Waals surface area contributed by atoms with Gasteiger partial charge in [0.1, 0.15) is 11.4 Å². The van der Waals surface area contributed by atoms with Gasteiger partial charge in [-0.1, -0.05) is 18.5 Å². The number of hydrogen-bond donors (Lipinski definition) is 3. The third-order valence-electron chi connectivity index (χ3n) is 2.78. The Labute approximate surface area is 125 Å². The van der Waals surface area contributed by atoms with Gasteiger partial charge in [0.25, 0.3) is 5.91 Å². The minimum absolute atomic E-state index is 0.00816. The number of hydrogen-bond acceptors (Lipinski definition) is 5. The molecule has 0 atom stereocenters. The first-order chi connectivity index (χ1) is 9.85. The van der Waals surface area contributed by atoms with Crippen molar-refractivity contribution < 1.29 is 18.3 Å². The van der Waals surface area contributed by atoms with Crippen molar-refractivity contribution in [3.05, 3.63) is 35.1 Å². The lowest BCUT2D eigenvalue weighted by Crippen LogP contribution is -2.14. The van der Waals surface area contributed by atoms with Gasteiger partial charge in [0.2, 0.25) is 0 Å². The molecule has 0 saturated carbocycles. The summed E-state index contributed by atoms with van der Waals surface area (Å²) in [7, 11) is -3.44. The zero-order valence-corrected chi connectivity index (χ0v) is 12.5. The van der Waals surface area contributed by atoms with Crippen LogP contribution in [0.25, 0.3) is 0 Å². The van der Waals surface area contributed by atoms with Gasteiger partial charge in [0, 0.05) is 0 Å². The maximum atomic E-state index is 12.0. The van der Waals surface area contributed by atoms with E-state index in [0.717, 1.165) is 0 Å². The van der Waals surface area contributed by atoms with Gasteiger partial charge in [0.05, 0.1) is 27.6 Å². The Bertz CT molecular complexity index is 786. The molecule has 2 rings (SSSR count). The van der Waals surface area contributed by atoms with E-state index >= 15 is 0 Å². The third-order valence-corrected chi connectivity index (χ3v) is 4.79. The highest BCUT2D eigenvalue weighted by atomic mass is 35.5. The number of aromatic hydroxyl groups is 1. The van der Waals surface area contributed by atoms with Crippen LogP contribution in [0.5, 0.6) is 5.75 Å². The lowest BCUT2D eigenvalue weighted by atomic mass is 10.3. The first-order valence-electron chi connectivity index (χ1n) is 5.91. The van der Waals surface area contributed by atoms with Crippen molar-refractivity contribution in [3.8, 4) is 5.75 Å². The second-order valence-corrected chi connectivity index (χ2v) is 6.81. The second kappa shape index (κ2) is 5.74. The summed E-state index contributed by atoms with van der Waals surface area (Å²) in [4.78, 5) is 12.0. The van der Waals surface area contributed by atoms with Crippen LogP contribution in [-0.2, 0) is 9.84 Å². The third kappa shape index (κ3) is 3.17. The zero-order chi connectivity index (χ0) is 15.6. The molecule has 2 aromatic rings. The molecule has 0 spiro atoms. The average Bonchev–Trinajstić information content (AvgIpc) is 2.87. The van der Waals surface area contributed by atoms with E-state index in [1.807, 2.05) is 0 Å². The van der Waals surface area contributed by atoms with Crippen molar-refractivity contribution in [2.75, 3.05) is 11.1 Å². The molecule has 1 aromatic carbocycles. The van der Waals surface area contributed by atoms with Crippen molar-refractivity contribution in [2.24, 2.45) is 0 Å². The molecule has 1 amide bonds. The van der Waals surface area contributed by atoms with Crippen molar-refractivity contribution in [1.82, 2.24) is 10.2 Å². The molecule has 1 aromatic heterocycles. The van der Waals surface area contributed by atoms with E-state index in [9.17, 15) is 18.3 Å². The Morgan fingerprint density at radius 3 is 2.76 bits per heavy atom. The van der Waals surface area contributed by atoms with Gasteiger partial charge >= 0.3 is 0 Å². The number of anilines is 1. The van der Waals surface area contributed by atoms with E-state index in [-0.39, 0.29) is 32.8 Å².